The average Bonchev–Trinajstić information content (AvgIpc) is 2.42. The summed E-state index contributed by atoms with van der Waals surface area (Å²) in [4.78, 5) is 4.19. The Morgan fingerprint density at radius 3 is 2.55 bits per heavy atom. The number of sulfonamides is 1. The Kier molecular flexibility index (Phi) is 4.59. The molecule has 0 amide bonds. The second-order valence-electron chi connectivity index (χ2n) is 3.98. The molecule has 5 nitrogen and oxygen atoms in total. The zero-order valence-corrected chi connectivity index (χ0v) is 12.4. The van der Waals surface area contributed by atoms with Gasteiger partial charge in [-0.1, -0.05) is 18.5 Å². The Labute approximate surface area is 123 Å². The quantitative estimate of drug-likeness (QED) is 0.890. The SMILES string of the molecule is CCNS(=O)(=O)c1cccnc1Nc1ccc(Cl)cc1. The van der Waals surface area contributed by atoms with Crippen LogP contribution in [0.3, 0.4) is 0 Å². The van der Waals surface area contributed by atoms with Gasteiger partial charge in [-0.15, -0.1) is 0 Å². The maximum Gasteiger partial charge on any atom is 0.244 e. The summed E-state index contributed by atoms with van der Waals surface area (Å²) in [5, 5.41) is 3.58. The molecule has 0 bridgehead atoms. The van der Waals surface area contributed by atoms with E-state index in [0.29, 0.717) is 17.3 Å². The maximum atomic E-state index is 12.1. The molecule has 2 N–H and O–H groups in total. The molecule has 0 radical (unpaired) electrons. The number of pyridine rings is 1. The van der Waals surface area contributed by atoms with E-state index in [4.69, 9.17) is 11.6 Å². The van der Waals surface area contributed by atoms with Gasteiger partial charge in [-0.05, 0) is 36.4 Å². The summed E-state index contributed by atoms with van der Waals surface area (Å²) in [5.74, 6) is 0.274. The molecule has 7 heteroatoms. The molecule has 2 rings (SSSR count). The summed E-state index contributed by atoms with van der Waals surface area (Å²) < 4.78 is 26.6. The fraction of sp³-hybridized carbons (Fsp3) is 0.154. The fourth-order valence-corrected chi connectivity index (χ4v) is 2.92. The van der Waals surface area contributed by atoms with Crippen LogP contribution in [0.4, 0.5) is 11.5 Å². The van der Waals surface area contributed by atoms with Crippen molar-refractivity contribution in [2.75, 3.05) is 11.9 Å². The Hall–Kier alpha value is -1.63. The number of hydrogen-bond acceptors (Lipinski definition) is 4. The van der Waals surface area contributed by atoms with Crippen molar-refractivity contribution in [2.45, 2.75) is 11.8 Å². The van der Waals surface area contributed by atoms with Gasteiger partial charge in [-0.25, -0.2) is 18.1 Å². The number of rotatable bonds is 5. The number of nitrogens with zero attached hydrogens (tertiary/aromatic N) is 1. The highest BCUT2D eigenvalue weighted by Crippen LogP contribution is 2.23. The van der Waals surface area contributed by atoms with E-state index >= 15 is 0 Å². The highest BCUT2D eigenvalue weighted by molar-refractivity contribution is 7.89. The van der Waals surface area contributed by atoms with Crippen LogP contribution in [0.2, 0.25) is 5.02 Å². The van der Waals surface area contributed by atoms with Gasteiger partial charge in [0, 0.05) is 23.5 Å². The zero-order chi connectivity index (χ0) is 14.6. The van der Waals surface area contributed by atoms with Gasteiger partial charge in [0.15, 0.2) is 5.82 Å². The third-order valence-corrected chi connectivity index (χ3v) is 4.33. The average molecular weight is 312 g/mol. The summed E-state index contributed by atoms with van der Waals surface area (Å²) in [6.45, 7) is 2.04. The lowest BCUT2D eigenvalue weighted by Crippen LogP contribution is -2.24. The van der Waals surface area contributed by atoms with E-state index in [-0.39, 0.29) is 10.7 Å². The molecule has 2 aromatic rings. The minimum atomic E-state index is -3.57. The van der Waals surface area contributed by atoms with Crippen molar-refractivity contribution in [3.05, 3.63) is 47.6 Å². The van der Waals surface area contributed by atoms with Crippen LogP contribution < -0.4 is 10.0 Å². The van der Waals surface area contributed by atoms with E-state index < -0.39 is 10.0 Å². The van der Waals surface area contributed by atoms with Crippen LogP contribution >= 0.6 is 11.6 Å². The van der Waals surface area contributed by atoms with Gasteiger partial charge in [0.05, 0.1) is 0 Å². The molecule has 0 atom stereocenters. The molecule has 0 saturated heterocycles. The lowest BCUT2D eigenvalue weighted by molar-refractivity contribution is 0.584. The fourth-order valence-electron chi connectivity index (χ4n) is 1.64. The number of aromatic nitrogens is 1. The van der Waals surface area contributed by atoms with E-state index in [9.17, 15) is 8.42 Å². The lowest BCUT2D eigenvalue weighted by Gasteiger charge is -2.11. The molecule has 0 saturated carbocycles. The number of anilines is 2. The summed E-state index contributed by atoms with van der Waals surface area (Å²) in [7, 11) is -3.57. The number of halogens is 1. The molecule has 0 spiro atoms. The third kappa shape index (κ3) is 3.47. The smallest absolute Gasteiger partial charge is 0.244 e. The van der Waals surface area contributed by atoms with Gasteiger partial charge in [-0.2, -0.15) is 0 Å². The van der Waals surface area contributed by atoms with Crippen LogP contribution in [0.25, 0.3) is 0 Å². The van der Waals surface area contributed by atoms with Crippen molar-refractivity contribution in [3.63, 3.8) is 0 Å². The summed E-state index contributed by atoms with van der Waals surface area (Å²) in [6, 6.07) is 10.0. The molecular weight excluding hydrogens is 298 g/mol. The molecule has 1 aromatic carbocycles. The van der Waals surface area contributed by atoms with Crippen molar-refractivity contribution in [1.82, 2.24) is 9.71 Å². The minimum absolute atomic E-state index is 0.108. The van der Waals surface area contributed by atoms with Crippen LogP contribution in [0.15, 0.2) is 47.5 Å². The van der Waals surface area contributed by atoms with E-state index in [1.807, 2.05) is 0 Å². The minimum Gasteiger partial charge on any atom is -0.339 e. The highest BCUT2D eigenvalue weighted by Gasteiger charge is 2.18. The topological polar surface area (TPSA) is 71.1 Å². The van der Waals surface area contributed by atoms with Crippen molar-refractivity contribution in [2.24, 2.45) is 0 Å². The van der Waals surface area contributed by atoms with Crippen LogP contribution in [0.1, 0.15) is 6.92 Å². The zero-order valence-electron chi connectivity index (χ0n) is 10.8. The molecule has 0 aliphatic carbocycles. The van der Waals surface area contributed by atoms with Crippen molar-refractivity contribution < 1.29 is 8.42 Å². The van der Waals surface area contributed by atoms with E-state index in [1.165, 1.54) is 12.3 Å². The number of hydrogen-bond donors (Lipinski definition) is 2. The molecule has 0 aliphatic heterocycles. The molecule has 20 heavy (non-hydrogen) atoms. The van der Waals surface area contributed by atoms with Crippen molar-refractivity contribution in [3.8, 4) is 0 Å². The van der Waals surface area contributed by atoms with Gasteiger partial charge in [0.25, 0.3) is 0 Å². The second-order valence-corrected chi connectivity index (χ2v) is 6.16. The predicted octanol–water partition coefficient (Wildman–Crippen LogP) is 2.78. The molecule has 0 fully saturated rings. The summed E-state index contributed by atoms with van der Waals surface area (Å²) in [5.41, 5.74) is 0.709. The largest absolute Gasteiger partial charge is 0.339 e. The second kappa shape index (κ2) is 6.21. The maximum absolute atomic E-state index is 12.1. The molecule has 0 unspecified atom stereocenters. The monoisotopic (exact) mass is 311 g/mol. The Morgan fingerprint density at radius 2 is 1.90 bits per heavy atom. The normalized spacial score (nSPS) is 11.3. The van der Waals surface area contributed by atoms with Crippen LogP contribution in [-0.2, 0) is 10.0 Å². The van der Waals surface area contributed by atoms with Gasteiger partial charge < -0.3 is 5.32 Å². The highest BCUT2D eigenvalue weighted by atomic mass is 35.5. The van der Waals surface area contributed by atoms with Gasteiger partial charge in [-0.3, -0.25) is 0 Å². The van der Waals surface area contributed by atoms with E-state index in [1.54, 1.807) is 37.3 Å². The van der Waals surface area contributed by atoms with E-state index in [0.717, 1.165) is 0 Å². The van der Waals surface area contributed by atoms with E-state index in [2.05, 4.69) is 15.0 Å². The van der Waals surface area contributed by atoms with Crippen LogP contribution in [0, 0.1) is 0 Å². The third-order valence-electron chi connectivity index (χ3n) is 2.50. The first-order valence-electron chi connectivity index (χ1n) is 6.00. The Balaban J connectivity index is 2.35. The van der Waals surface area contributed by atoms with Gasteiger partial charge in [0.1, 0.15) is 4.90 Å². The number of benzene rings is 1. The predicted molar refractivity (Wildman–Crippen MR) is 79.8 cm³/mol. The summed E-state index contributed by atoms with van der Waals surface area (Å²) in [6.07, 6.45) is 1.53. The Morgan fingerprint density at radius 1 is 1.20 bits per heavy atom. The van der Waals surface area contributed by atoms with Crippen LogP contribution in [0.5, 0.6) is 0 Å². The molecule has 1 aromatic heterocycles. The van der Waals surface area contributed by atoms with Gasteiger partial charge >= 0.3 is 0 Å². The molecule has 0 aliphatic rings. The first-order chi connectivity index (χ1) is 9.53. The van der Waals surface area contributed by atoms with Crippen molar-refractivity contribution >= 4 is 33.1 Å². The first kappa shape index (κ1) is 14.8. The van der Waals surface area contributed by atoms with Crippen LogP contribution in [-0.4, -0.2) is 19.9 Å². The Bertz CT molecular complexity index is 687. The standard InChI is InChI=1S/C13H14ClN3O2S/c1-2-16-20(18,19)12-4-3-9-15-13(12)17-11-7-5-10(14)6-8-11/h3-9,16H,2H2,1H3,(H,15,17). The lowest BCUT2D eigenvalue weighted by atomic mass is 10.3. The van der Waals surface area contributed by atoms with Gasteiger partial charge in [0.2, 0.25) is 10.0 Å². The molecule has 1 heterocycles. The summed E-state index contributed by atoms with van der Waals surface area (Å²) >= 11 is 5.81. The number of nitrogens with one attached hydrogen (secondary N) is 2. The first-order valence-corrected chi connectivity index (χ1v) is 7.86. The molecule has 106 valence electrons. The van der Waals surface area contributed by atoms with Crippen molar-refractivity contribution in [1.29, 1.82) is 0 Å². The molecular formula is C13H14ClN3O2S.